The molecule has 110 valence electrons. The summed E-state index contributed by atoms with van der Waals surface area (Å²) in [6.07, 6.45) is 0. The van der Waals surface area contributed by atoms with Gasteiger partial charge >= 0.3 is 0 Å². The quantitative estimate of drug-likeness (QED) is 0.837. The van der Waals surface area contributed by atoms with Crippen LogP contribution in [0.3, 0.4) is 0 Å². The van der Waals surface area contributed by atoms with Crippen molar-refractivity contribution in [1.29, 1.82) is 5.26 Å². The molecule has 4 nitrogen and oxygen atoms in total. The van der Waals surface area contributed by atoms with Crippen LogP contribution in [0.15, 0.2) is 18.2 Å². The van der Waals surface area contributed by atoms with Gasteiger partial charge in [-0.3, -0.25) is 0 Å². The summed E-state index contributed by atoms with van der Waals surface area (Å²) in [4.78, 5) is 0. The van der Waals surface area contributed by atoms with Gasteiger partial charge in [0.2, 0.25) is 5.88 Å². The van der Waals surface area contributed by atoms with E-state index in [1.807, 2.05) is 13.0 Å². The van der Waals surface area contributed by atoms with Gasteiger partial charge in [0.25, 0.3) is 0 Å². The Morgan fingerprint density at radius 3 is 2.43 bits per heavy atom. The number of hydrogen-bond acceptors (Lipinski definition) is 3. The van der Waals surface area contributed by atoms with E-state index in [9.17, 15) is 5.26 Å². The summed E-state index contributed by atoms with van der Waals surface area (Å²) < 4.78 is 7.53. The summed E-state index contributed by atoms with van der Waals surface area (Å²) >= 11 is 0. The van der Waals surface area contributed by atoms with E-state index in [4.69, 9.17) is 4.74 Å². The number of aromatic nitrogens is 2. The first kappa shape index (κ1) is 15.1. The van der Waals surface area contributed by atoms with Crippen LogP contribution < -0.4 is 4.74 Å². The van der Waals surface area contributed by atoms with Gasteiger partial charge in [0.15, 0.2) is 0 Å². The molecule has 0 aliphatic heterocycles. The molecule has 0 bridgehead atoms. The highest BCUT2D eigenvalue weighted by molar-refractivity contribution is 5.46. The Kier molecular flexibility index (Phi) is 3.78. The molecule has 2 aromatic rings. The first-order valence-electron chi connectivity index (χ1n) is 6.96. The standard InChI is InChI=1S/C17H21N3O/c1-11-9-13(17(3,4)5)7-8-15(11)21-16-14(10-18)12(2)19-20(16)6/h7-9H,1-6H3. The van der Waals surface area contributed by atoms with Crippen molar-refractivity contribution in [2.45, 2.75) is 40.0 Å². The monoisotopic (exact) mass is 283 g/mol. The molecule has 0 saturated carbocycles. The molecule has 0 aliphatic rings. The van der Waals surface area contributed by atoms with Gasteiger partial charge < -0.3 is 4.74 Å². The van der Waals surface area contributed by atoms with Crippen LogP contribution in [0.4, 0.5) is 0 Å². The number of nitriles is 1. The molecule has 1 aromatic heterocycles. The molecule has 0 atom stereocenters. The third kappa shape index (κ3) is 2.92. The number of rotatable bonds is 2. The molecule has 0 radical (unpaired) electrons. The first-order valence-corrected chi connectivity index (χ1v) is 6.96. The fourth-order valence-electron chi connectivity index (χ4n) is 2.22. The average molecular weight is 283 g/mol. The fraction of sp³-hybridized carbons (Fsp3) is 0.412. The highest BCUT2D eigenvalue weighted by atomic mass is 16.5. The molecule has 1 aromatic carbocycles. The summed E-state index contributed by atoms with van der Waals surface area (Å²) in [6.45, 7) is 10.4. The lowest BCUT2D eigenvalue weighted by Crippen LogP contribution is -2.11. The molecular weight excluding hydrogens is 262 g/mol. The Hall–Kier alpha value is -2.28. The van der Waals surface area contributed by atoms with Gasteiger partial charge in [-0.15, -0.1) is 0 Å². The molecule has 0 N–H and O–H groups in total. The Morgan fingerprint density at radius 1 is 1.24 bits per heavy atom. The third-order valence-corrected chi connectivity index (χ3v) is 3.53. The fourth-order valence-corrected chi connectivity index (χ4v) is 2.22. The molecular formula is C17H21N3O. The van der Waals surface area contributed by atoms with Gasteiger partial charge in [-0.1, -0.05) is 32.9 Å². The normalized spacial score (nSPS) is 11.3. The summed E-state index contributed by atoms with van der Waals surface area (Å²) in [5.74, 6) is 1.24. The lowest BCUT2D eigenvalue weighted by Gasteiger charge is -2.20. The van der Waals surface area contributed by atoms with Gasteiger partial charge in [-0.05, 0) is 36.5 Å². The minimum atomic E-state index is 0.101. The van der Waals surface area contributed by atoms with Crippen molar-refractivity contribution in [2.75, 3.05) is 0 Å². The predicted molar refractivity (Wildman–Crippen MR) is 82.6 cm³/mol. The number of nitrogens with zero attached hydrogens (tertiary/aromatic N) is 3. The summed E-state index contributed by atoms with van der Waals surface area (Å²) in [5.41, 5.74) is 3.57. The second-order valence-corrected chi connectivity index (χ2v) is 6.33. The molecule has 1 heterocycles. The molecule has 0 unspecified atom stereocenters. The van der Waals surface area contributed by atoms with Crippen molar-refractivity contribution < 1.29 is 4.74 Å². The van der Waals surface area contributed by atoms with E-state index in [1.165, 1.54) is 5.56 Å². The van der Waals surface area contributed by atoms with Crippen LogP contribution in [0.25, 0.3) is 0 Å². The number of aryl methyl sites for hydroxylation is 3. The van der Waals surface area contributed by atoms with Gasteiger partial charge in [-0.2, -0.15) is 10.4 Å². The minimum Gasteiger partial charge on any atom is -0.438 e. The maximum atomic E-state index is 9.23. The van der Waals surface area contributed by atoms with Gasteiger partial charge in [0.1, 0.15) is 17.4 Å². The molecule has 0 fully saturated rings. The van der Waals surface area contributed by atoms with Crippen LogP contribution in [0.5, 0.6) is 11.6 Å². The van der Waals surface area contributed by atoms with E-state index in [0.717, 1.165) is 11.3 Å². The Morgan fingerprint density at radius 2 is 1.90 bits per heavy atom. The van der Waals surface area contributed by atoms with Crippen LogP contribution in [0.2, 0.25) is 0 Å². The molecule has 0 aliphatic carbocycles. The van der Waals surface area contributed by atoms with Crippen molar-refractivity contribution in [2.24, 2.45) is 7.05 Å². The van der Waals surface area contributed by atoms with Crippen molar-refractivity contribution in [3.8, 4) is 17.7 Å². The highest BCUT2D eigenvalue weighted by Gasteiger charge is 2.18. The van der Waals surface area contributed by atoms with E-state index < -0.39 is 0 Å². The molecule has 0 saturated heterocycles. The highest BCUT2D eigenvalue weighted by Crippen LogP contribution is 2.32. The predicted octanol–water partition coefficient (Wildman–Crippen LogP) is 4.00. The Bertz CT molecular complexity index is 715. The molecule has 21 heavy (non-hydrogen) atoms. The van der Waals surface area contributed by atoms with Crippen LogP contribution >= 0.6 is 0 Å². The second-order valence-electron chi connectivity index (χ2n) is 6.33. The molecule has 0 amide bonds. The topological polar surface area (TPSA) is 50.8 Å². The number of hydrogen-bond donors (Lipinski definition) is 0. The maximum absolute atomic E-state index is 9.23. The zero-order chi connectivity index (χ0) is 15.8. The van der Waals surface area contributed by atoms with Crippen molar-refractivity contribution in [3.05, 3.63) is 40.6 Å². The van der Waals surface area contributed by atoms with Crippen LogP contribution in [-0.4, -0.2) is 9.78 Å². The average Bonchev–Trinajstić information content (AvgIpc) is 2.64. The lowest BCUT2D eigenvalue weighted by atomic mass is 9.86. The largest absolute Gasteiger partial charge is 0.438 e. The molecule has 4 heteroatoms. The Balaban J connectivity index is 2.40. The van der Waals surface area contributed by atoms with E-state index in [1.54, 1.807) is 18.7 Å². The summed E-state index contributed by atoms with van der Waals surface area (Å²) in [7, 11) is 1.78. The zero-order valence-corrected chi connectivity index (χ0v) is 13.5. The van der Waals surface area contributed by atoms with E-state index in [0.29, 0.717) is 17.1 Å². The van der Waals surface area contributed by atoms with Crippen molar-refractivity contribution in [1.82, 2.24) is 9.78 Å². The SMILES string of the molecule is Cc1cc(C(C)(C)C)ccc1Oc1c(C#N)c(C)nn1C. The van der Waals surface area contributed by atoms with E-state index in [-0.39, 0.29) is 5.41 Å². The van der Waals surface area contributed by atoms with Gasteiger partial charge in [0, 0.05) is 7.05 Å². The van der Waals surface area contributed by atoms with Crippen molar-refractivity contribution in [3.63, 3.8) is 0 Å². The van der Waals surface area contributed by atoms with Gasteiger partial charge in [0.05, 0.1) is 5.69 Å². The maximum Gasteiger partial charge on any atom is 0.235 e. The summed E-state index contributed by atoms with van der Waals surface area (Å²) in [5, 5.41) is 13.5. The first-order chi connectivity index (χ1) is 9.74. The zero-order valence-electron chi connectivity index (χ0n) is 13.5. The second kappa shape index (κ2) is 5.25. The van der Waals surface area contributed by atoms with Crippen LogP contribution in [-0.2, 0) is 12.5 Å². The van der Waals surface area contributed by atoms with Crippen molar-refractivity contribution >= 4 is 0 Å². The van der Waals surface area contributed by atoms with Crippen LogP contribution in [0.1, 0.15) is 43.2 Å². The minimum absolute atomic E-state index is 0.101. The van der Waals surface area contributed by atoms with E-state index >= 15 is 0 Å². The van der Waals surface area contributed by atoms with E-state index in [2.05, 4.69) is 44.1 Å². The number of ether oxygens (including phenoxy) is 1. The third-order valence-electron chi connectivity index (χ3n) is 3.53. The molecule has 2 rings (SSSR count). The molecule has 0 spiro atoms. The smallest absolute Gasteiger partial charge is 0.235 e. The number of benzene rings is 1. The summed E-state index contributed by atoms with van der Waals surface area (Å²) in [6, 6.07) is 8.31. The van der Waals surface area contributed by atoms with Gasteiger partial charge in [-0.25, -0.2) is 4.68 Å². The lowest BCUT2D eigenvalue weighted by molar-refractivity contribution is 0.426. The van der Waals surface area contributed by atoms with Crippen LogP contribution in [0, 0.1) is 25.2 Å². The Labute approximate surface area is 126 Å².